The maximum Gasteiger partial charge on any atom is 0.131 e. The molecule has 0 radical (unpaired) electrons. The molecule has 1 saturated carbocycles. The minimum atomic E-state index is 0.176. The Balaban J connectivity index is 1.50. The Morgan fingerprint density at radius 1 is 1.12 bits per heavy atom. The monoisotopic (exact) mass is 364 g/mol. The van der Waals surface area contributed by atoms with E-state index in [1.54, 1.807) is 0 Å². The molecule has 1 aliphatic heterocycles. The molecule has 5 heteroatoms. The number of hydrogen-bond donors (Lipinski definition) is 1. The number of hydrogen-bond acceptors (Lipinski definition) is 3. The highest BCUT2D eigenvalue weighted by atomic mass is 35.5. The Kier molecular flexibility index (Phi) is 3.75. The lowest BCUT2D eigenvalue weighted by molar-refractivity contribution is 0.489. The van der Waals surface area contributed by atoms with Gasteiger partial charge in [0.25, 0.3) is 0 Å². The molecule has 1 aliphatic carbocycles. The molecule has 132 valence electrons. The summed E-state index contributed by atoms with van der Waals surface area (Å²) in [5, 5.41) is 8.85. The van der Waals surface area contributed by atoms with Crippen LogP contribution in [0.15, 0.2) is 48.9 Å². The summed E-state index contributed by atoms with van der Waals surface area (Å²) in [7, 11) is 0. The van der Waals surface area contributed by atoms with Gasteiger partial charge >= 0.3 is 0 Å². The Bertz CT molecular complexity index is 942. The van der Waals surface area contributed by atoms with E-state index in [1.165, 1.54) is 36.8 Å². The summed E-state index contributed by atoms with van der Waals surface area (Å²) >= 11 is 6.91. The van der Waals surface area contributed by atoms with Crippen LogP contribution in [-0.2, 0) is 12.0 Å². The zero-order chi connectivity index (χ0) is 17.6. The molecular weight excluding hydrogens is 344 g/mol. The molecule has 5 rings (SSSR count). The number of nitrogens with one attached hydrogen (secondary N) is 1. The third kappa shape index (κ3) is 2.52. The number of rotatable bonds is 3. The second-order valence-corrected chi connectivity index (χ2v) is 7.84. The van der Waals surface area contributed by atoms with Crippen LogP contribution in [0.3, 0.4) is 0 Å². The molecule has 3 aromatic rings. The smallest absolute Gasteiger partial charge is 0.131 e. The van der Waals surface area contributed by atoms with Crippen molar-refractivity contribution in [1.29, 1.82) is 0 Å². The number of nitrogens with zero attached hydrogens (tertiary/aromatic N) is 3. The van der Waals surface area contributed by atoms with Crippen LogP contribution in [0.5, 0.6) is 0 Å². The summed E-state index contributed by atoms with van der Waals surface area (Å²) in [5.41, 5.74) is 4.65. The lowest BCUT2D eigenvalue weighted by Gasteiger charge is -2.24. The molecule has 0 atom stereocenters. The van der Waals surface area contributed by atoms with Crippen LogP contribution in [0.1, 0.15) is 36.8 Å². The summed E-state index contributed by atoms with van der Waals surface area (Å²) in [6.07, 6.45) is 10.8. The van der Waals surface area contributed by atoms with Crippen molar-refractivity contribution in [2.75, 3.05) is 11.9 Å². The van der Waals surface area contributed by atoms with E-state index >= 15 is 0 Å². The Morgan fingerprint density at radius 2 is 1.92 bits per heavy atom. The van der Waals surface area contributed by atoms with Gasteiger partial charge in [0.1, 0.15) is 5.82 Å². The summed E-state index contributed by atoms with van der Waals surface area (Å²) in [4.78, 5) is 4.68. The first-order chi connectivity index (χ1) is 12.8. The average Bonchev–Trinajstić information content (AvgIpc) is 3.39. The first-order valence-electron chi connectivity index (χ1n) is 9.25. The molecule has 1 spiro atoms. The van der Waals surface area contributed by atoms with Crippen molar-refractivity contribution in [3.8, 4) is 11.1 Å². The van der Waals surface area contributed by atoms with Crippen LogP contribution in [0.4, 0.5) is 5.82 Å². The molecule has 0 bridgehead atoms. The molecule has 1 aromatic carbocycles. The lowest BCUT2D eigenvalue weighted by Crippen LogP contribution is -2.24. The van der Waals surface area contributed by atoms with E-state index in [0.717, 1.165) is 35.1 Å². The highest BCUT2D eigenvalue weighted by Crippen LogP contribution is 2.51. The number of anilines is 1. The van der Waals surface area contributed by atoms with Gasteiger partial charge in [-0.15, -0.1) is 0 Å². The molecule has 4 nitrogen and oxygen atoms in total. The first-order valence-corrected chi connectivity index (χ1v) is 9.63. The Hall–Kier alpha value is -2.33. The van der Waals surface area contributed by atoms with Crippen molar-refractivity contribution >= 4 is 17.4 Å². The number of benzene rings is 1. The maximum absolute atomic E-state index is 6.91. The second kappa shape index (κ2) is 6.13. The van der Waals surface area contributed by atoms with E-state index in [9.17, 15) is 0 Å². The quantitative estimate of drug-likeness (QED) is 0.719. The predicted molar refractivity (Wildman–Crippen MR) is 105 cm³/mol. The molecular formula is C21H21ClN4. The fourth-order valence-corrected chi connectivity index (χ4v) is 4.94. The van der Waals surface area contributed by atoms with Crippen molar-refractivity contribution in [3.05, 3.63) is 65.1 Å². The third-order valence-electron chi connectivity index (χ3n) is 5.83. The van der Waals surface area contributed by atoms with Gasteiger partial charge < -0.3 is 5.32 Å². The zero-order valence-corrected chi connectivity index (χ0v) is 15.3. The number of fused-ring (bicyclic) bond motifs is 2. The van der Waals surface area contributed by atoms with E-state index in [1.807, 2.05) is 23.1 Å². The zero-order valence-electron chi connectivity index (χ0n) is 14.6. The minimum Gasteiger partial charge on any atom is -0.369 e. The fraction of sp³-hybridized carbons (Fsp3) is 0.333. The van der Waals surface area contributed by atoms with Crippen LogP contribution in [-0.4, -0.2) is 21.3 Å². The van der Waals surface area contributed by atoms with Crippen molar-refractivity contribution in [1.82, 2.24) is 14.8 Å². The van der Waals surface area contributed by atoms with Gasteiger partial charge in [-0.1, -0.05) is 54.8 Å². The van der Waals surface area contributed by atoms with Gasteiger partial charge in [-0.05, 0) is 18.4 Å². The van der Waals surface area contributed by atoms with Gasteiger partial charge in [0.15, 0.2) is 0 Å². The molecule has 0 unspecified atom stereocenters. The summed E-state index contributed by atoms with van der Waals surface area (Å²) in [5.74, 6) is 0.970. The van der Waals surface area contributed by atoms with E-state index < -0.39 is 0 Å². The van der Waals surface area contributed by atoms with Crippen molar-refractivity contribution < 1.29 is 0 Å². The standard InChI is InChI=1S/C21H21ClN4/c22-19-17(11-23-20-18(19)21(14-24-20)8-4-5-9-21)16-10-25-26(13-16)12-15-6-2-1-3-7-15/h1-3,6-7,10-11,13H,4-5,8-9,12,14H2,(H,23,24). The minimum absolute atomic E-state index is 0.176. The van der Waals surface area contributed by atoms with E-state index in [4.69, 9.17) is 11.6 Å². The summed E-state index contributed by atoms with van der Waals surface area (Å²) < 4.78 is 1.96. The average molecular weight is 365 g/mol. The van der Waals surface area contributed by atoms with E-state index in [2.05, 4.69) is 45.9 Å². The lowest BCUT2D eigenvalue weighted by atomic mass is 9.81. The van der Waals surface area contributed by atoms with Gasteiger partial charge in [-0.25, -0.2) is 4.98 Å². The van der Waals surface area contributed by atoms with Gasteiger partial charge in [0, 0.05) is 41.0 Å². The first kappa shape index (κ1) is 15.9. The van der Waals surface area contributed by atoms with Gasteiger partial charge in [0.05, 0.1) is 17.8 Å². The molecule has 2 aromatic heterocycles. The van der Waals surface area contributed by atoms with Crippen molar-refractivity contribution in [3.63, 3.8) is 0 Å². The molecule has 2 aliphatic rings. The van der Waals surface area contributed by atoms with Crippen molar-refractivity contribution in [2.24, 2.45) is 0 Å². The molecule has 3 heterocycles. The molecule has 0 saturated heterocycles. The molecule has 1 N–H and O–H groups in total. The largest absolute Gasteiger partial charge is 0.369 e. The summed E-state index contributed by atoms with van der Waals surface area (Å²) in [6, 6.07) is 10.4. The Labute approximate surface area is 158 Å². The fourth-order valence-electron chi connectivity index (χ4n) is 4.49. The number of pyridine rings is 1. The van der Waals surface area contributed by atoms with Crippen LogP contribution in [0.25, 0.3) is 11.1 Å². The molecule has 0 amide bonds. The van der Waals surface area contributed by atoms with Gasteiger partial charge in [0.2, 0.25) is 0 Å². The van der Waals surface area contributed by atoms with E-state index in [-0.39, 0.29) is 5.41 Å². The topological polar surface area (TPSA) is 42.7 Å². The highest BCUT2D eigenvalue weighted by molar-refractivity contribution is 6.34. The maximum atomic E-state index is 6.91. The van der Waals surface area contributed by atoms with Gasteiger partial charge in [-0.2, -0.15) is 5.10 Å². The third-order valence-corrected chi connectivity index (χ3v) is 6.22. The SMILES string of the molecule is Clc1c(-c2cnn(Cc3ccccc3)c2)cnc2c1C1(CCCC1)CN2. The predicted octanol–water partition coefficient (Wildman–Crippen LogP) is 4.88. The van der Waals surface area contributed by atoms with Crippen LogP contribution in [0.2, 0.25) is 5.02 Å². The molecule has 26 heavy (non-hydrogen) atoms. The van der Waals surface area contributed by atoms with E-state index in [0.29, 0.717) is 0 Å². The molecule has 1 fully saturated rings. The van der Waals surface area contributed by atoms with Crippen LogP contribution in [0, 0.1) is 0 Å². The Morgan fingerprint density at radius 3 is 2.73 bits per heavy atom. The number of aromatic nitrogens is 3. The highest BCUT2D eigenvalue weighted by Gasteiger charge is 2.44. The van der Waals surface area contributed by atoms with Gasteiger partial charge in [-0.3, -0.25) is 4.68 Å². The van der Waals surface area contributed by atoms with Crippen LogP contribution >= 0.6 is 11.6 Å². The van der Waals surface area contributed by atoms with Crippen LogP contribution < -0.4 is 5.32 Å². The van der Waals surface area contributed by atoms with Crippen molar-refractivity contribution in [2.45, 2.75) is 37.6 Å². The normalized spacial score (nSPS) is 17.4. The number of halogens is 1. The second-order valence-electron chi connectivity index (χ2n) is 7.46. The summed E-state index contributed by atoms with van der Waals surface area (Å²) in [6.45, 7) is 1.72.